The third-order valence-electron chi connectivity index (χ3n) is 4.67. The molecule has 0 spiro atoms. The molecule has 1 amide bonds. The van der Waals surface area contributed by atoms with Gasteiger partial charge in [0.15, 0.2) is 0 Å². The summed E-state index contributed by atoms with van der Waals surface area (Å²) in [4.78, 5) is 19.7. The van der Waals surface area contributed by atoms with Crippen molar-refractivity contribution < 1.29 is 9.53 Å². The summed E-state index contributed by atoms with van der Waals surface area (Å²) in [5, 5.41) is 3.05. The average Bonchev–Trinajstić information content (AvgIpc) is 3.13. The molecule has 5 heteroatoms. The number of ether oxygens (including phenoxy) is 1. The van der Waals surface area contributed by atoms with Crippen LogP contribution in [0.15, 0.2) is 47.8 Å². The van der Waals surface area contributed by atoms with Crippen LogP contribution in [0.5, 0.6) is 5.75 Å². The first-order valence-corrected chi connectivity index (χ1v) is 9.55. The van der Waals surface area contributed by atoms with Crippen LogP contribution in [0, 0.1) is 6.92 Å². The number of aromatic nitrogens is 1. The third kappa shape index (κ3) is 2.99. The number of methoxy groups -OCH3 is 1. The van der Waals surface area contributed by atoms with Gasteiger partial charge < -0.3 is 9.64 Å². The highest BCUT2D eigenvalue weighted by Gasteiger charge is 2.26. The van der Waals surface area contributed by atoms with E-state index in [0.29, 0.717) is 12.1 Å². The van der Waals surface area contributed by atoms with Crippen molar-refractivity contribution in [3.8, 4) is 17.0 Å². The topological polar surface area (TPSA) is 42.4 Å². The zero-order valence-electron chi connectivity index (χ0n) is 14.9. The lowest BCUT2D eigenvalue weighted by Gasteiger charge is -2.31. The maximum Gasteiger partial charge on any atom is 0.258 e. The van der Waals surface area contributed by atoms with Crippen molar-refractivity contribution in [1.82, 2.24) is 4.98 Å². The van der Waals surface area contributed by atoms with Gasteiger partial charge in [0, 0.05) is 23.1 Å². The molecule has 4 rings (SSSR count). The van der Waals surface area contributed by atoms with Crippen molar-refractivity contribution in [2.24, 2.45) is 0 Å². The minimum atomic E-state index is 0.00394. The molecular weight excluding hydrogens is 344 g/mol. The van der Waals surface area contributed by atoms with Crippen molar-refractivity contribution in [3.05, 3.63) is 64.0 Å². The van der Waals surface area contributed by atoms with E-state index in [0.717, 1.165) is 46.1 Å². The van der Waals surface area contributed by atoms with Crippen LogP contribution in [0.1, 0.15) is 27.3 Å². The summed E-state index contributed by atoms with van der Waals surface area (Å²) in [7, 11) is 1.65. The van der Waals surface area contributed by atoms with Crippen LogP contribution in [0.25, 0.3) is 11.3 Å². The van der Waals surface area contributed by atoms with Crippen LogP contribution in [-0.2, 0) is 6.42 Å². The molecule has 3 aromatic rings. The van der Waals surface area contributed by atoms with Crippen LogP contribution in [0.4, 0.5) is 5.69 Å². The van der Waals surface area contributed by atoms with E-state index in [2.05, 4.69) is 11.1 Å². The molecule has 0 bridgehead atoms. The molecule has 1 aliphatic heterocycles. The molecule has 1 aliphatic rings. The molecule has 0 saturated carbocycles. The second kappa shape index (κ2) is 6.92. The van der Waals surface area contributed by atoms with Gasteiger partial charge in [-0.2, -0.15) is 0 Å². The summed E-state index contributed by atoms with van der Waals surface area (Å²) in [6.07, 6.45) is 1.92. The van der Waals surface area contributed by atoms with Crippen molar-refractivity contribution >= 4 is 22.9 Å². The normalized spacial score (nSPS) is 13.4. The summed E-state index contributed by atoms with van der Waals surface area (Å²) >= 11 is 1.61. The number of benzene rings is 2. The van der Waals surface area contributed by atoms with Gasteiger partial charge in [0.05, 0.1) is 23.5 Å². The zero-order chi connectivity index (χ0) is 18.1. The number of anilines is 1. The lowest BCUT2D eigenvalue weighted by Crippen LogP contribution is -2.35. The fraction of sp³-hybridized carbons (Fsp3) is 0.238. The van der Waals surface area contributed by atoms with Gasteiger partial charge in [-0.05, 0) is 43.5 Å². The molecule has 0 atom stereocenters. The molecule has 0 aliphatic carbocycles. The fourth-order valence-corrected chi connectivity index (χ4v) is 4.07. The van der Waals surface area contributed by atoms with Gasteiger partial charge in [-0.25, -0.2) is 4.98 Å². The molecular formula is C21H20N2O2S. The van der Waals surface area contributed by atoms with E-state index in [9.17, 15) is 4.79 Å². The standard InChI is InChI=1S/C21H20N2O2S/c1-14-22-18(13-26-14)16-7-3-8-17(12-16)21(24)23-11-5-9-15-6-4-10-19(25-2)20(15)23/h3-4,6-8,10,12-13H,5,9,11H2,1-2H3. The molecule has 0 unspecified atom stereocenters. The van der Waals surface area contributed by atoms with E-state index in [1.807, 2.05) is 53.6 Å². The second-order valence-electron chi connectivity index (χ2n) is 6.36. The molecule has 0 radical (unpaired) electrons. The highest BCUT2D eigenvalue weighted by atomic mass is 32.1. The van der Waals surface area contributed by atoms with Crippen LogP contribution in [-0.4, -0.2) is 24.5 Å². The fourth-order valence-electron chi connectivity index (χ4n) is 3.45. The van der Waals surface area contributed by atoms with Crippen molar-refractivity contribution in [2.45, 2.75) is 19.8 Å². The summed E-state index contributed by atoms with van der Waals surface area (Å²) in [5.41, 5.74) is 4.62. The van der Waals surface area contributed by atoms with E-state index in [-0.39, 0.29) is 5.91 Å². The number of rotatable bonds is 3. The number of hydrogen-bond donors (Lipinski definition) is 0. The monoisotopic (exact) mass is 364 g/mol. The Morgan fingerprint density at radius 3 is 2.85 bits per heavy atom. The average molecular weight is 364 g/mol. The van der Waals surface area contributed by atoms with Gasteiger partial charge in [-0.1, -0.05) is 24.3 Å². The first-order valence-electron chi connectivity index (χ1n) is 8.67. The summed E-state index contributed by atoms with van der Waals surface area (Å²) in [5.74, 6) is 0.756. The maximum atomic E-state index is 13.3. The number of carbonyl (C=O) groups is 1. The molecule has 4 nitrogen and oxygen atoms in total. The number of amides is 1. The SMILES string of the molecule is COc1cccc2c1N(C(=O)c1cccc(-c3csc(C)n3)c1)CCC2. The smallest absolute Gasteiger partial charge is 0.258 e. The highest BCUT2D eigenvalue weighted by Crippen LogP contribution is 2.37. The number of aryl methyl sites for hydroxylation is 2. The summed E-state index contributed by atoms with van der Waals surface area (Å²) < 4.78 is 5.52. The predicted octanol–water partition coefficient (Wildman–Crippen LogP) is 4.72. The van der Waals surface area contributed by atoms with Crippen molar-refractivity contribution in [2.75, 3.05) is 18.6 Å². The summed E-state index contributed by atoms with van der Waals surface area (Å²) in [6.45, 7) is 2.69. The highest BCUT2D eigenvalue weighted by molar-refractivity contribution is 7.09. The minimum Gasteiger partial charge on any atom is -0.495 e. The number of fused-ring (bicyclic) bond motifs is 1. The van der Waals surface area contributed by atoms with E-state index in [1.165, 1.54) is 0 Å². The van der Waals surface area contributed by atoms with Crippen LogP contribution < -0.4 is 9.64 Å². The lowest BCUT2D eigenvalue weighted by molar-refractivity contribution is 0.0984. The number of nitrogens with zero attached hydrogens (tertiary/aromatic N) is 2. The Kier molecular flexibility index (Phi) is 4.47. The molecule has 0 saturated heterocycles. The second-order valence-corrected chi connectivity index (χ2v) is 7.42. The van der Waals surface area contributed by atoms with Crippen LogP contribution >= 0.6 is 11.3 Å². The van der Waals surface area contributed by atoms with Gasteiger partial charge in [-0.15, -0.1) is 11.3 Å². The Morgan fingerprint density at radius 1 is 1.23 bits per heavy atom. The largest absolute Gasteiger partial charge is 0.495 e. The zero-order valence-corrected chi connectivity index (χ0v) is 15.7. The Labute approximate surface area is 157 Å². The predicted molar refractivity (Wildman–Crippen MR) is 105 cm³/mol. The van der Waals surface area contributed by atoms with Gasteiger partial charge in [0.2, 0.25) is 0 Å². The van der Waals surface area contributed by atoms with Gasteiger partial charge in [0.1, 0.15) is 5.75 Å². The first-order chi connectivity index (χ1) is 12.7. The van der Waals surface area contributed by atoms with Gasteiger partial charge >= 0.3 is 0 Å². The Morgan fingerprint density at radius 2 is 2.08 bits per heavy atom. The van der Waals surface area contributed by atoms with E-state index < -0.39 is 0 Å². The quantitative estimate of drug-likeness (QED) is 0.675. The number of thiazole rings is 1. The van der Waals surface area contributed by atoms with E-state index >= 15 is 0 Å². The van der Waals surface area contributed by atoms with Crippen molar-refractivity contribution in [3.63, 3.8) is 0 Å². The molecule has 0 fully saturated rings. The van der Waals surface area contributed by atoms with E-state index in [4.69, 9.17) is 4.74 Å². The van der Waals surface area contributed by atoms with Crippen molar-refractivity contribution in [1.29, 1.82) is 0 Å². The number of carbonyl (C=O) groups excluding carboxylic acids is 1. The third-order valence-corrected chi connectivity index (χ3v) is 5.44. The lowest BCUT2D eigenvalue weighted by atomic mass is 9.99. The molecule has 132 valence electrons. The number of para-hydroxylation sites is 1. The van der Waals surface area contributed by atoms with E-state index in [1.54, 1.807) is 18.4 Å². The molecule has 1 aromatic heterocycles. The van der Waals surface area contributed by atoms with Crippen LogP contribution in [0.2, 0.25) is 0 Å². The molecule has 26 heavy (non-hydrogen) atoms. The maximum absolute atomic E-state index is 13.3. The molecule has 0 N–H and O–H groups in total. The Hall–Kier alpha value is -2.66. The Bertz CT molecular complexity index is 950. The Balaban J connectivity index is 1.72. The summed E-state index contributed by atoms with van der Waals surface area (Å²) in [6, 6.07) is 13.7. The van der Waals surface area contributed by atoms with Gasteiger partial charge in [0.25, 0.3) is 5.91 Å². The molecule has 2 aromatic carbocycles. The van der Waals surface area contributed by atoms with Gasteiger partial charge in [-0.3, -0.25) is 4.79 Å². The number of hydrogen-bond acceptors (Lipinski definition) is 4. The molecule has 2 heterocycles. The first kappa shape index (κ1) is 16.8. The minimum absolute atomic E-state index is 0.00394. The van der Waals surface area contributed by atoms with Crippen LogP contribution in [0.3, 0.4) is 0 Å².